The first-order valence-corrected chi connectivity index (χ1v) is 7.81. The number of aliphatic carboxylic acids is 1. The van der Waals surface area contributed by atoms with E-state index in [1.807, 2.05) is 13.0 Å². The molecule has 3 nitrogen and oxygen atoms in total. The van der Waals surface area contributed by atoms with Crippen molar-refractivity contribution in [3.8, 4) is 0 Å². The van der Waals surface area contributed by atoms with Crippen molar-refractivity contribution in [1.82, 2.24) is 0 Å². The lowest BCUT2D eigenvalue weighted by molar-refractivity contribution is -0.163. The van der Waals surface area contributed by atoms with Crippen molar-refractivity contribution in [2.24, 2.45) is 22.7 Å². The van der Waals surface area contributed by atoms with Crippen LogP contribution in [-0.4, -0.2) is 16.9 Å². The highest BCUT2D eigenvalue weighted by atomic mass is 16.4. The third kappa shape index (κ3) is 2.58. The molecule has 4 atom stereocenters. The minimum Gasteiger partial charge on any atom is -0.481 e. The molecule has 0 aromatic heterocycles. The molecule has 0 bridgehead atoms. The first-order chi connectivity index (χ1) is 9.71. The maximum atomic E-state index is 11.8. The van der Waals surface area contributed by atoms with Crippen molar-refractivity contribution >= 4 is 11.8 Å². The van der Waals surface area contributed by atoms with E-state index in [0.29, 0.717) is 0 Å². The molecular weight excluding hydrogens is 264 g/mol. The van der Waals surface area contributed by atoms with E-state index < -0.39 is 11.4 Å². The highest BCUT2D eigenvalue weighted by Crippen LogP contribution is 2.61. The summed E-state index contributed by atoms with van der Waals surface area (Å²) in [6, 6.07) is 0. The summed E-state index contributed by atoms with van der Waals surface area (Å²) in [5.41, 5.74) is 0.378. The maximum absolute atomic E-state index is 11.8. The molecule has 21 heavy (non-hydrogen) atoms. The lowest BCUT2D eigenvalue weighted by Gasteiger charge is -2.56. The number of hydrogen-bond donors (Lipinski definition) is 1. The average molecular weight is 290 g/mol. The highest BCUT2D eigenvalue weighted by molar-refractivity contribution is 5.87. The second kappa shape index (κ2) is 5.43. The second-order valence-electron chi connectivity index (χ2n) is 7.28. The summed E-state index contributed by atoms with van der Waals surface area (Å²) in [7, 11) is 0. The van der Waals surface area contributed by atoms with Crippen molar-refractivity contribution in [2.45, 2.75) is 52.9 Å². The Morgan fingerprint density at radius 1 is 1.33 bits per heavy atom. The third-order valence-electron chi connectivity index (χ3n) is 5.89. The predicted molar refractivity (Wildman–Crippen MR) is 82.9 cm³/mol. The molecule has 3 heteroatoms. The molecule has 2 rings (SSSR count). The smallest absolute Gasteiger partial charge is 0.309 e. The summed E-state index contributed by atoms with van der Waals surface area (Å²) in [4.78, 5) is 23.1. The summed E-state index contributed by atoms with van der Waals surface area (Å²) in [6.07, 6.45) is 8.01. The van der Waals surface area contributed by atoms with Crippen molar-refractivity contribution in [2.75, 3.05) is 0 Å². The van der Waals surface area contributed by atoms with Gasteiger partial charge in [0.1, 0.15) is 0 Å². The minimum atomic E-state index is -0.680. The molecule has 0 aliphatic heterocycles. The highest BCUT2D eigenvalue weighted by Gasteiger charge is 2.56. The van der Waals surface area contributed by atoms with Crippen LogP contribution in [0.2, 0.25) is 0 Å². The predicted octanol–water partition coefficient (Wildman–Crippen LogP) is 4.00. The van der Waals surface area contributed by atoms with Gasteiger partial charge in [-0.3, -0.25) is 9.59 Å². The van der Waals surface area contributed by atoms with Crippen LogP contribution in [-0.2, 0) is 9.59 Å². The molecule has 2 fully saturated rings. The minimum absolute atomic E-state index is 0.0327. The molecule has 4 unspecified atom stereocenters. The van der Waals surface area contributed by atoms with E-state index in [0.717, 1.165) is 37.7 Å². The molecule has 1 N–H and O–H groups in total. The van der Waals surface area contributed by atoms with Gasteiger partial charge in [-0.2, -0.15) is 0 Å². The van der Waals surface area contributed by atoms with E-state index in [1.54, 1.807) is 13.0 Å². The molecule has 0 heterocycles. The molecule has 0 aromatic rings. The van der Waals surface area contributed by atoms with Gasteiger partial charge in [-0.05, 0) is 56.9 Å². The van der Waals surface area contributed by atoms with Crippen molar-refractivity contribution in [1.29, 1.82) is 0 Å². The fraction of sp³-hybridized carbons (Fsp3) is 0.667. The number of fused-ring (bicyclic) bond motifs is 1. The summed E-state index contributed by atoms with van der Waals surface area (Å²) in [5, 5.41) is 9.73. The molecular formula is C18H26O3. The molecule has 0 amide bonds. The second-order valence-corrected chi connectivity index (χ2v) is 7.28. The van der Waals surface area contributed by atoms with E-state index in [4.69, 9.17) is 0 Å². The molecule has 0 radical (unpaired) electrons. The number of hydrogen-bond acceptors (Lipinski definition) is 2. The van der Waals surface area contributed by atoms with Gasteiger partial charge in [0.2, 0.25) is 0 Å². The van der Waals surface area contributed by atoms with Gasteiger partial charge in [-0.1, -0.05) is 31.6 Å². The number of carboxylic acid groups (broad SMARTS) is 1. The largest absolute Gasteiger partial charge is 0.481 e. The zero-order chi connectivity index (χ0) is 15.8. The van der Waals surface area contributed by atoms with Crippen LogP contribution < -0.4 is 0 Å². The Hall–Kier alpha value is -1.38. The lowest BCUT2D eigenvalue weighted by atomic mass is 9.47. The lowest BCUT2D eigenvalue weighted by Crippen LogP contribution is -2.53. The first-order valence-electron chi connectivity index (χ1n) is 7.81. The Labute approximate surface area is 127 Å². The van der Waals surface area contributed by atoms with Gasteiger partial charge in [-0.15, -0.1) is 0 Å². The Morgan fingerprint density at radius 3 is 2.57 bits per heavy atom. The Balaban J connectivity index is 2.42. The van der Waals surface area contributed by atoms with Crippen LogP contribution in [0, 0.1) is 22.7 Å². The average Bonchev–Trinajstić information content (AvgIpc) is 2.36. The van der Waals surface area contributed by atoms with Crippen molar-refractivity contribution < 1.29 is 14.7 Å². The van der Waals surface area contributed by atoms with Crippen molar-refractivity contribution in [3.05, 3.63) is 24.3 Å². The molecule has 0 spiro atoms. The van der Waals surface area contributed by atoms with Gasteiger partial charge in [0.05, 0.1) is 5.41 Å². The van der Waals surface area contributed by atoms with Gasteiger partial charge in [0.15, 0.2) is 5.78 Å². The normalized spacial score (nSPS) is 40.0. The molecule has 2 saturated carbocycles. The van der Waals surface area contributed by atoms with E-state index >= 15 is 0 Å². The number of carbonyl (C=O) groups excluding carboxylic acids is 1. The fourth-order valence-corrected chi connectivity index (χ4v) is 4.73. The topological polar surface area (TPSA) is 54.4 Å². The summed E-state index contributed by atoms with van der Waals surface area (Å²) in [5.74, 6) is -0.395. The molecule has 2 aliphatic carbocycles. The number of carbonyl (C=O) groups is 2. The van der Waals surface area contributed by atoms with Crippen molar-refractivity contribution in [3.63, 3.8) is 0 Å². The van der Waals surface area contributed by atoms with Crippen LogP contribution in [0.5, 0.6) is 0 Å². The molecule has 0 saturated heterocycles. The van der Waals surface area contributed by atoms with Crippen LogP contribution in [0.1, 0.15) is 52.9 Å². The zero-order valence-corrected chi connectivity index (χ0v) is 13.3. The van der Waals surface area contributed by atoms with Gasteiger partial charge < -0.3 is 5.11 Å². The summed E-state index contributed by atoms with van der Waals surface area (Å²) >= 11 is 0. The standard InChI is InChI=1S/C18H26O3/c1-12-6-9-15-17(3,14(12)8-7-13(2)19)10-5-11-18(15,4)16(20)21/h7-8,14-15H,1,5-6,9-11H2,2-4H3,(H,20,21). The van der Waals surface area contributed by atoms with E-state index in [-0.39, 0.29) is 23.0 Å². The van der Waals surface area contributed by atoms with Gasteiger partial charge >= 0.3 is 5.97 Å². The Bertz CT molecular complexity index is 505. The maximum Gasteiger partial charge on any atom is 0.309 e. The Morgan fingerprint density at radius 2 is 2.00 bits per heavy atom. The van der Waals surface area contributed by atoms with Gasteiger partial charge in [-0.25, -0.2) is 0 Å². The van der Waals surface area contributed by atoms with Gasteiger partial charge in [0, 0.05) is 5.92 Å². The van der Waals surface area contributed by atoms with Gasteiger partial charge in [0.25, 0.3) is 0 Å². The van der Waals surface area contributed by atoms with E-state index in [2.05, 4.69) is 13.5 Å². The monoisotopic (exact) mass is 290 g/mol. The summed E-state index contributed by atoms with van der Waals surface area (Å²) < 4.78 is 0. The number of allylic oxidation sites excluding steroid dienone is 3. The van der Waals surface area contributed by atoms with Crippen LogP contribution >= 0.6 is 0 Å². The molecule has 2 aliphatic rings. The number of ketones is 1. The zero-order valence-electron chi connectivity index (χ0n) is 13.3. The fourth-order valence-electron chi connectivity index (χ4n) is 4.73. The quantitative estimate of drug-likeness (QED) is 0.631. The Kier molecular flexibility index (Phi) is 4.14. The van der Waals surface area contributed by atoms with E-state index in [1.165, 1.54) is 0 Å². The number of carboxylic acids is 1. The number of rotatable bonds is 3. The van der Waals surface area contributed by atoms with Crippen LogP contribution in [0.15, 0.2) is 24.3 Å². The van der Waals surface area contributed by atoms with Crippen LogP contribution in [0.25, 0.3) is 0 Å². The molecule has 116 valence electrons. The van der Waals surface area contributed by atoms with E-state index in [9.17, 15) is 14.7 Å². The first kappa shape index (κ1) is 16.0. The van der Waals surface area contributed by atoms with Crippen LogP contribution in [0.3, 0.4) is 0 Å². The van der Waals surface area contributed by atoms with Crippen LogP contribution in [0.4, 0.5) is 0 Å². The molecule has 0 aromatic carbocycles. The summed E-state index contributed by atoms with van der Waals surface area (Å²) in [6.45, 7) is 9.83. The third-order valence-corrected chi connectivity index (χ3v) is 5.89. The SMILES string of the molecule is C=C1CCC2C(C)(C(=O)O)CCCC2(C)C1C=CC(C)=O.